The maximum absolute atomic E-state index is 13.6. The summed E-state index contributed by atoms with van der Waals surface area (Å²) < 4.78 is 13.6. The van der Waals surface area contributed by atoms with E-state index in [1.165, 1.54) is 0 Å². The van der Waals surface area contributed by atoms with Crippen LogP contribution in [-0.4, -0.2) is 6.04 Å². The number of rotatable bonds is 1. The quantitative estimate of drug-likeness (QED) is 0.729. The highest BCUT2D eigenvalue weighted by Gasteiger charge is 2.25. The van der Waals surface area contributed by atoms with Crippen molar-refractivity contribution >= 4 is 0 Å². The lowest BCUT2D eigenvalue weighted by Gasteiger charge is -2.28. The van der Waals surface area contributed by atoms with Crippen molar-refractivity contribution in [3.63, 3.8) is 0 Å². The molecule has 0 aliphatic heterocycles. The predicted octanol–water partition coefficient (Wildman–Crippen LogP) is 2.59. The van der Waals surface area contributed by atoms with Gasteiger partial charge in [-0.3, -0.25) is 0 Å². The van der Waals surface area contributed by atoms with Gasteiger partial charge >= 0.3 is 0 Å². The van der Waals surface area contributed by atoms with Gasteiger partial charge in [0.25, 0.3) is 0 Å². The second-order valence-electron chi connectivity index (χ2n) is 4.17. The molecule has 0 aromatic heterocycles. The maximum Gasteiger partial charge on any atom is 0.127 e. The van der Waals surface area contributed by atoms with Crippen LogP contribution in [0.15, 0.2) is 18.2 Å². The fourth-order valence-corrected chi connectivity index (χ4v) is 2.40. The van der Waals surface area contributed by atoms with E-state index in [0.717, 1.165) is 30.4 Å². The molecule has 2 atom stereocenters. The van der Waals surface area contributed by atoms with Crippen LogP contribution in [-0.2, 0) is 6.42 Å². The normalized spacial score (nSPS) is 22.9. The molecule has 0 heterocycles. The minimum Gasteiger partial charge on any atom is -0.327 e. The van der Waals surface area contributed by atoms with Gasteiger partial charge in [0, 0.05) is 12.0 Å². The molecule has 1 aliphatic rings. The molecule has 0 radical (unpaired) electrons. The Bertz CT molecular complexity index is 333. The molecule has 0 spiro atoms. The molecule has 0 saturated heterocycles. The third kappa shape index (κ3) is 1.55. The second kappa shape index (κ2) is 3.70. The Morgan fingerprint density at radius 1 is 1.50 bits per heavy atom. The van der Waals surface area contributed by atoms with Gasteiger partial charge in [-0.05, 0) is 43.4 Å². The molecule has 1 nitrogen and oxygen atoms in total. The van der Waals surface area contributed by atoms with Crippen LogP contribution in [0, 0.1) is 5.82 Å². The minimum absolute atomic E-state index is 0.0472. The largest absolute Gasteiger partial charge is 0.327 e. The third-order valence-electron chi connectivity index (χ3n) is 3.11. The molecule has 0 amide bonds. The summed E-state index contributed by atoms with van der Waals surface area (Å²) in [6, 6.07) is 5.40. The molecule has 76 valence electrons. The second-order valence-corrected chi connectivity index (χ2v) is 4.17. The topological polar surface area (TPSA) is 26.0 Å². The van der Waals surface area contributed by atoms with E-state index in [9.17, 15) is 4.39 Å². The number of hydrogen-bond donors (Lipinski definition) is 1. The lowest BCUT2D eigenvalue weighted by atomic mass is 9.79. The number of hydrogen-bond acceptors (Lipinski definition) is 1. The van der Waals surface area contributed by atoms with Gasteiger partial charge in [-0.1, -0.05) is 12.1 Å². The van der Waals surface area contributed by atoms with Crippen LogP contribution >= 0.6 is 0 Å². The van der Waals surface area contributed by atoms with Crippen LogP contribution in [0.3, 0.4) is 0 Å². The van der Waals surface area contributed by atoms with Crippen molar-refractivity contribution in [2.75, 3.05) is 0 Å². The van der Waals surface area contributed by atoms with Gasteiger partial charge in [-0.15, -0.1) is 0 Å². The summed E-state index contributed by atoms with van der Waals surface area (Å²) in [6.07, 6.45) is 3.14. The first-order valence-corrected chi connectivity index (χ1v) is 5.23. The van der Waals surface area contributed by atoms with Crippen molar-refractivity contribution in [3.8, 4) is 0 Å². The van der Waals surface area contributed by atoms with Crippen LogP contribution < -0.4 is 5.73 Å². The Balaban J connectivity index is 2.47. The molecular formula is C12H16FN. The molecule has 14 heavy (non-hydrogen) atoms. The molecule has 2 unspecified atom stereocenters. The molecule has 2 N–H and O–H groups in total. The van der Waals surface area contributed by atoms with Gasteiger partial charge < -0.3 is 5.73 Å². The average molecular weight is 193 g/mol. The smallest absolute Gasteiger partial charge is 0.127 e. The Morgan fingerprint density at radius 3 is 3.00 bits per heavy atom. The van der Waals surface area contributed by atoms with Crippen LogP contribution in [0.25, 0.3) is 0 Å². The van der Waals surface area contributed by atoms with Crippen molar-refractivity contribution in [1.82, 2.24) is 0 Å². The van der Waals surface area contributed by atoms with Crippen molar-refractivity contribution in [3.05, 3.63) is 35.1 Å². The maximum atomic E-state index is 13.6. The zero-order valence-corrected chi connectivity index (χ0v) is 8.46. The molecular weight excluding hydrogens is 177 g/mol. The van der Waals surface area contributed by atoms with Gasteiger partial charge in [-0.25, -0.2) is 4.39 Å². The van der Waals surface area contributed by atoms with Crippen LogP contribution in [0.4, 0.5) is 4.39 Å². The Labute approximate surface area is 84.1 Å². The first kappa shape index (κ1) is 9.66. The summed E-state index contributed by atoms with van der Waals surface area (Å²) in [7, 11) is 0. The number of aryl methyl sites for hydroxylation is 1. The van der Waals surface area contributed by atoms with E-state index in [1.807, 2.05) is 13.0 Å². The summed E-state index contributed by atoms with van der Waals surface area (Å²) in [6.45, 7) is 1.96. The van der Waals surface area contributed by atoms with Crippen molar-refractivity contribution in [2.24, 2.45) is 5.73 Å². The molecule has 2 rings (SSSR count). The summed E-state index contributed by atoms with van der Waals surface area (Å²) in [5.74, 6) is 0.129. The number of benzene rings is 1. The highest BCUT2D eigenvalue weighted by atomic mass is 19.1. The molecule has 2 heteroatoms. The van der Waals surface area contributed by atoms with E-state index in [2.05, 4.69) is 0 Å². The summed E-state index contributed by atoms with van der Waals surface area (Å²) in [5.41, 5.74) is 7.90. The van der Waals surface area contributed by atoms with Crippen LogP contribution in [0.2, 0.25) is 0 Å². The highest BCUT2D eigenvalue weighted by molar-refractivity contribution is 5.34. The summed E-state index contributed by atoms with van der Waals surface area (Å²) in [4.78, 5) is 0. The molecule has 0 fully saturated rings. The average Bonchev–Trinajstić information content (AvgIpc) is 2.17. The molecule has 1 aromatic carbocycles. The number of fused-ring (bicyclic) bond motifs is 1. The molecule has 0 saturated carbocycles. The first-order valence-electron chi connectivity index (χ1n) is 5.23. The minimum atomic E-state index is -0.0792. The van der Waals surface area contributed by atoms with Gasteiger partial charge in [0.05, 0.1) is 0 Å². The Kier molecular flexibility index (Phi) is 2.55. The summed E-state index contributed by atoms with van der Waals surface area (Å²) >= 11 is 0. The van der Waals surface area contributed by atoms with E-state index in [1.54, 1.807) is 12.1 Å². The van der Waals surface area contributed by atoms with E-state index < -0.39 is 0 Å². The molecule has 0 bridgehead atoms. The van der Waals surface area contributed by atoms with Crippen molar-refractivity contribution in [2.45, 2.75) is 38.1 Å². The van der Waals surface area contributed by atoms with Crippen LogP contribution in [0.5, 0.6) is 0 Å². The fraction of sp³-hybridized carbons (Fsp3) is 0.500. The van der Waals surface area contributed by atoms with Crippen LogP contribution in [0.1, 0.15) is 36.8 Å². The Hall–Kier alpha value is -0.890. The fourth-order valence-electron chi connectivity index (χ4n) is 2.40. The zero-order chi connectivity index (χ0) is 10.1. The first-order chi connectivity index (χ1) is 6.70. The lowest BCUT2D eigenvalue weighted by molar-refractivity contribution is 0.457. The van der Waals surface area contributed by atoms with Gasteiger partial charge in [0.2, 0.25) is 0 Å². The summed E-state index contributed by atoms with van der Waals surface area (Å²) in [5, 5.41) is 0. The molecule has 1 aliphatic carbocycles. The van der Waals surface area contributed by atoms with Crippen molar-refractivity contribution < 1.29 is 4.39 Å². The van der Waals surface area contributed by atoms with E-state index >= 15 is 0 Å². The van der Waals surface area contributed by atoms with E-state index in [4.69, 9.17) is 5.73 Å². The van der Waals surface area contributed by atoms with E-state index in [0.29, 0.717) is 0 Å². The standard InChI is InChI=1S/C12H16FN/c1-8(14)10-6-2-4-9-5-3-7-11(13)12(9)10/h3,5,7-8,10H,2,4,6,14H2,1H3. The van der Waals surface area contributed by atoms with Gasteiger partial charge in [0.1, 0.15) is 5.82 Å². The zero-order valence-electron chi connectivity index (χ0n) is 8.46. The predicted molar refractivity (Wildman–Crippen MR) is 55.7 cm³/mol. The Morgan fingerprint density at radius 2 is 2.29 bits per heavy atom. The van der Waals surface area contributed by atoms with Crippen molar-refractivity contribution in [1.29, 1.82) is 0 Å². The highest BCUT2D eigenvalue weighted by Crippen LogP contribution is 2.34. The third-order valence-corrected chi connectivity index (χ3v) is 3.11. The van der Waals surface area contributed by atoms with Gasteiger partial charge in [0.15, 0.2) is 0 Å². The number of halogens is 1. The number of nitrogens with two attached hydrogens (primary N) is 1. The molecule has 1 aromatic rings. The van der Waals surface area contributed by atoms with Gasteiger partial charge in [-0.2, -0.15) is 0 Å². The SMILES string of the molecule is CC(N)C1CCCc2cccc(F)c21. The lowest BCUT2D eigenvalue weighted by Crippen LogP contribution is -2.28. The monoisotopic (exact) mass is 193 g/mol. The van der Waals surface area contributed by atoms with E-state index in [-0.39, 0.29) is 17.8 Å².